The molecule has 1 aliphatic carbocycles. The lowest BCUT2D eigenvalue weighted by Crippen LogP contribution is -2.40. The molecule has 3 aromatic carbocycles. The van der Waals surface area contributed by atoms with Gasteiger partial charge in [-0.3, -0.25) is 4.57 Å². The molecule has 0 radical (unpaired) electrons. The van der Waals surface area contributed by atoms with Crippen LogP contribution in [0.5, 0.6) is 0 Å². The van der Waals surface area contributed by atoms with Gasteiger partial charge in [0.25, 0.3) is 0 Å². The largest absolute Gasteiger partial charge is 0.296 e. The number of rotatable bonds is 6. The van der Waals surface area contributed by atoms with Crippen LogP contribution in [0.25, 0.3) is 0 Å². The summed E-state index contributed by atoms with van der Waals surface area (Å²) in [5.41, 5.74) is 1.22. The first-order valence-electron chi connectivity index (χ1n) is 10.3. The molecule has 1 fully saturated rings. The van der Waals surface area contributed by atoms with Crippen LogP contribution in [-0.2, 0) is 11.1 Å². The zero-order valence-electron chi connectivity index (χ0n) is 16.3. The standard InChI is InChI=1S/C25H28NOP/c27-28(24-17-9-3-10-18-24,25-19-11-4-12-20-25)26(23-15-7-2-8-16-23)21-22-13-5-1-6-14-22/h1,3-6,9-14,17-20,23H,2,7-8,15-16,21H2. The van der Waals surface area contributed by atoms with Crippen LogP contribution in [0.15, 0.2) is 91.0 Å². The summed E-state index contributed by atoms with van der Waals surface area (Å²) in [6.45, 7) is 0.715. The molecule has 0 amide bonds. The fourth-order valence-electron chi connectivity index (χ4n) is 4.31. The van der Waals surface area contributed by atoms with E-state index in [2.05, 4.69) is 28.9 Å². The summed E-state index contributed by atoms with van der Waals surface area (Å²) < 4.78 is 17.3. The van der Waals surface area contributed by atoms with Gasteiger partial charge in [-0.25, -0.2) is 4.67 Å². The molecule has 0 saturated heterocycles. The van der Waals surface area contributed by atoms with Gasteiger partial charge >= 0.3 is 0 Å². The minimum Gasteiger partial charge on any atom is -0.296 e. The van der Waals surface area contributed by atoms with Crippen molar-refractivity contribution in [3.8, 4) is 0 Å². The lowest BCUT2D eigenvalue weighted by molar-refractivity contribution is 0.250. The second-order valence-corrected chi connectivity index (χ2v) is 10.3. The Morgan fingerprint density at radius 2 is 1.14 bits per heavy atom. The lowest BCUT2D eigenvalue weighted by atomic mass is 9.95. The Labute approximate surface area is 168 Å². The van der Waals surface area contributed by atoms with E-state index in [1.165, 1.54) is 24.8 Å². The zero-order chi connectivity index (χ0) is 19.2. The molecule has 2 nitrogen and oxygen atoms in total. The van der Waals surface area contributed by atoms with Gasteiger partial charge in [0, 0.05) is 23.2 Å². The summed E-state index contributed by atoms with van der Waals surface area (Å²) in [7, 11) is -2.93. The van der Waals surface area contributed by atoms with E-state index < -0.39 is 7.29 Å². The molecule has 0 atom stereocenters. The van der Waals surface area contributed by atoms with Gasteiger partial charge in [0.2, 0.25) is 7.29 Å². The Balaban J connectivity index is 1.84. The van der Waals surface area contributed by atoms with Crippen LogP contribution in [0.4, 0.5) is 0 Å². The molecule has 0 bridgehead atoms. The van der Waals surface area contributed by atoms with E-state index in [1.807, 2.05) is 66.7 Å². The van der Waals surface area contributed by atoms with Crippen molar-refractivity contribution < 1.29 is 4.57 Å². The van der Waals surface area contributed by atoms with Crippen molar-refractivity contribution in [1.29, 1.82) is 0 Å². The van der Waals surface area contributed by atoms with Crippen LogP contribution in [0.3, 0.4) is 0 Å². The quantitative estimate of drug-likeness (QED) is 0.500. The number of nitrogens with zero attached hydrogens (tertiary/aromatic N) is 1. The fraction of sp³-hybridized carbons (Fsp3) is 0.280. The molecular weight excluding hydrogens is 361 g/mol. The monoisotopic (exact) mass is 389 g/mol. The highest BCUT2D eigenvalue weighted by Gasteiger charge is 2.39. The van der Waals surface area contributed by atoms with Gasteiger partial charge in [0.1, 0.15) is 0 Å². The highest BCUT2D eigenvalue weighted by Crippen LogP contribution is 2.51. The minimum absolute atomic E-state index is 0.347. The van der Waals surface area contributed by atoms with Crippen LogP contribution < -0.4 is 10.6 Å². The Bertz CT molecular complexity index is 862. The van der Waals surface area contributed by atoms with Crippen molar-refractivity contribution in [1.82, 2.24) is 4.67 Å². The smallest absolute Gasteiger partial charge is 0.207 e. The summed E-state index contributed by atoms with van der Waals surface area (Å²) in [4.78, 5) is 0. The fourth-order valence-corrected chi connectivity index (χ4v) is 7.41. The maximum Gasteiger partial charge on any atom is 0.207 e. The molecule has 0 aliphatic heterocycles. The summed E-state index contributed by atoms with van der Waals surface area (Å²) >= 11 is 0. The molecule has 28 heavy (non-hydrogen) atoms. The van der Waals surface area contributed by atoms with Gasteiger partial charge in [-0.15, -0.1) is 0 Å². The van der Waals surface area contributed by atoms with E-state index in [0.717, 1.165) is 23.5 Å². The topological polar surface area (TPSA) is 20.3 Å². The molecule has 144 valence electrons. The molecule has 0 aromatic heterocycles. The minimum atomic E-state index is -2.93. The van der Waals surface area contributed by atoms with Crippen molar-refractivity contribution in [3.63, 3.8) is 0 Å². The van der Waals surface area contributed by atoms with E-state index in [1.54, 1.807) is 0 Å². The summed E-state index contributed by atoms with van der Waals surface area (Å²) in [6, 6.07) is 31.0. The summed E-state index contributed by atoms with van der Waals surface area (Å²) in [5.74, 6) is 0. The average Bonchev–Trinajstić information content (AvgIpc) is 2.79. The predicted octanol–water partition coefficient (Wildman–Crippen LogP) is 5.75. The maximum atomic E-state index is 14.9. The van der Waals surface area contributed by atoms with E-state index in [0.29, 0.717) is 12.6 Å². The summed E-state index contributed by atoms with van der Waals surface area (Å²) in [6.07, 6.45) is 5.97. The van der Waals surface area contributed by atoms with E-state index >= 15 is 0 Å². The van der Waals surface area contributed by atoms with Gasteiger partial charge in [-0.1, -0.05) is 86.0 Å². The van der Waals surface area contributed by atoms with Crippen molar-refractivity contribution in [2.75, 3.05) is 0 Å². The van der Waals surface area contributed by atoms with Crippen molar-refractivity contribution in [3.05, 3.63) is 96.6 Å². The van der Waals surface area contributed by atoms with Gasteiger partial charge in [0.05, 0.1) is 0 Å². The third kappa shape index (κ3) is 3.99. The molecule has 4 rings (SSSR count). The second-order valence-electron chi connectivity index (χ2n) is 7.62. The molecule has 0 unspecified atom stereocenters. The first kappa shape index (κ1) is 19.2. The average molecular weight is 389 g/mol. The van der Waals surface area contributed by atoms with Gasteiger partial charge in [-0.05, 0) is 42.7 Å². The molecule has 3 aromatic rings. The van der Waals surface area contributed by atoms with E-state index in [-0.39, 0.29) is 0 Å². The van der Waals surface area contributed by atoms with Crippen molar-refractivity contribution >= 4 is 17.9 Å². The lowest BCUT2D eigenvalue weighted by Gasteiger charge is -2.40. The predicted molar refractivity (Wildman–Crippen MR) is 119 cm³/mol. The third-order valence-electron chi connectivity index (χ3n) is 5.76. The Morgan fingerprint density at radius 3 is 1.64 bits per heavy atom. The highest BCUT2D eigenvalue weighted by molar-refractivity contribution is 7.76. The third-order valence-corrected chi connectivity index (χ3v) is 8.95. The zero-order valence-corrected chi connectivity index (χ0v) is 17.2. The first-order valence-corrected chi connectivity index (χ1v) is 12.0. The summed E-state index contributed by atoms with van der Waals surface area (Å²) in [5, 5.41) is 1.87. The van der Waals surface area contributed by atoms with Gasteiger partial charge in [-0.2, -0.15) is 0 Å². The molecule has 0 N–H and O–H groups in total. The van der Waals surface area contributed by atoms with E-state index in [9.17, 15) is 4.57 Å². The highest BCUT2D eigenvalue weighted by atomic mass is 31.2. The molecule has 0 heterocycles. The Kier molecular flexibility index (Phi) is 6.10. The first-order chi connectivity index (χ1) is 13.8. The SMILES string of the molecule is O=P(c1ccccc1)(c1ccccc1)N(Cc1ccccc1)C1CCCCC1. The second kappa shape index (κ2) is 8.90. The normalized spacial score (nSPS) is 15.6. The number of hydrogen-bond acceptors (Lipinski definition) is 1. The molecule has 0 spiro atoms. The number of hydrogen-bond donors (Lipinski definition) is 0. The molecule has 1 saturated carbocycles. The van der Waals surface area contributed by atoms with Crippen molar-refractivity contribution in [2.45, 2.75) is 44.7 Å². The molecule has 3 heteroatoms. The van der Waals surface area contributed by atoms with Crippen LogP contribution in [-0.4, -0.2) is 10.7 Å². The maximum absolute atomic E-state index is 14.9. The van der Waals surface area contributed by atoms with Crippen LogP contribution >= 0.6 is 7.29 Å². The van der Waals surface area contributed by atoms with Gasteiger partial charge in [0.15, 0.2) is 0 Å². The Hall–Kier alpha value is -2.15. The molecule has 1 aliphatic rings. The van der Waals surface area contributed by atoms with Crippen LogP contribution in [0.1, 0.15) is 37.7 Å². The van der Waals surface area contributed by atoms with Gasteiger partial charge < -0.3 is 0 Å². The van der Waals surface area contributed by atoms with Crippen LogP contribution in [0, 0.1) is 0 Å². The van der Waals surface area contributed by atoms with Crippen molar-refractivity contribution in [2.24, 2.45) is 0 Å². The van der Waals surface area contributed by atoms with E-state index in [4.69, 9.17) is 0 Å². The van der Waals surface area contributed by atoms with Crippen LogP contribution in [0.2, 0.25) is 0 Å². The molecular formula is C25H28NOP. The number of benzene rings is 3. The Morgan fingerprint density at radius 1 is 0.679 bits per heavy atom.